The van der Waals surface area contributed by atoms with Crippen molar-refractivity contribution < 1.29 is 13.2 Å². The van der Waals surface area contributed by atoms with E-state index in [0.717, 1.165) is 32.3 Å². The van der Waals surface area contributed by atoms with Gasteiger partial charge >= 0.3 is 0 Å². The molecule has 22 heavy (non-hydrogen) atoms. The van der Waals surface area contributed by atoms with Crippen molar-refractivity contribution in [2.45, 2.75) is 38.2 Å². The number of sulfone groups is 1. The van der Waals surface area contributed by atoms with Gasteiger partial charge in [-0.25, -0.2) is 8.42 Å². The predicted molar refractivity (Wildman–Crippen MR) is 99.7 cm³/mol. The lowest BCUT2D eigenvalue weighted by Crippen LogP contribution is -2.47. The Labute approximate surface area is 150 Å². The summed E-state index contributed by atoms with van der Waals surface area (Å²) in [5.41, 5.74) is -0.222. The third-order valence-corrected chi connectivity index (χ3v) is 5.45. The largest absolute Gasteiger partial charge is 0.373 e. The first-order chi connectivity index (χ1) is 9.76. The summed E-state index contributed by atoms with van der Waals surface area (Å²) in [5, 5.41) is 6.53. The van der Waals surface area contributed by atoms with Crippen molar-refractivity contribution >= 4 is 39.8 Å². The average Bonchev–Trinajstić information content (AvgIpc) is 2.98. The third-order valence-electron chi connectivity index (χ3n) is 4.31. The predicted octanol–water partition coefficient (Wildman–Crippen LogP) is 1.16. The van der Waals surface area contributed by atoms with Crippen molar-refractivity contribution in [3.63, 3.8) is 0 Å². The summed E-state index contributed by atoms with van der Waals surface area (Å²) in [6.07, 6.45) is 5.38. The fourth-order valence-corrected chi connectivity index (χ4v) is 4.35. The molecule has 2 rings (SSSR count). The molecule has 0 aromatic rings. The molecule has 2 N–H and O–H groups in total. The van der Waals surface area contributed by atoms with Gasteiger partial charge in [0.1, 0.15) is 9.84 Å². The highest BCUT2D eigenvalue weighted by Gasteiger charge is 2.45. The highest BCUT2D eigenvalue weighted by atomic mass is 127. The van der Waals surface area contributed by atoms with Crippen molar-refractivity contribution in [3.8, 4) is 0 Å². The molecular formula is C14H28IN3O3S. The van der Waals surface area contributed by atoms with Crippen molar-refractivity contribution in [1.29, 1.82) is 0 Å². The van der Waals surface area contributed by atoms with Gasteiger partial charge in [-0.3, -0.25) is 4.99 Å². The van der Waals surface area contributed by atoms with Crippen LogP contribution in [0.3, 0.4) is 0 Å². The van der Waals surface area contributed by atoms with E-state index in [1.165, 1.54) is 6.26 Å². The molecule has 1 saturated carbocycles. The standard InChI is InChI=1S/C14H27N3O3S.HI/c1-13(5-4-8-20-13)9-16-12(15-2)17-10-14(6-7-14)11-21(3,18)19;/h4-11H2,1-3H3,(H2,15,16,17);1H. The monoisotopic (exact) mass is 445 g/mol. The number of rotatable bonds is 6. The van der Waals surface area contributed by atoms with E-state index in [1.807, 2.05) is 0 Å². The second-order valence-electron chi connectivity index (χ2n) is 6.75. The van der Waals surface area contributed by atoms with E-state index in [2.05, 4.69) is 22.5 Å². The Bertz CT molecular complexity index is 497. The number of ether oxygens (including phenoxy) is 1. The Hall–Kier alpha value is -0.0900. The molecule has 130 valence electrons. The Kier molecular flexibility index (Phi) is 6.94. The maximum atomic E-state index is 11.5. The molecule has 2 fully saturated rings. The molecule has 8 heteroatoms. The zero-order valence-corrected chi connectivity index (χ0v) is 16.8. The molecule has 1 unspecified atom stereocenters. The fourth-order valence-electron chi connectivity index (χ4n) is 2.84. The molecule has 2 aliphatic rings. The minimum Gasteiger partial charge on any atom is -0.373 e. The molecule has 0 aromatic carbocycles. The first-order valence-corrected chi connectivity index (χ1v) is 9.58. The Morgan fingerprint density at radius 1 is 1.23 bits per heavy atom. The summed E-state index contributed by atoms with van der Waals surface area (Å²) in [5.74, 6) is 0.969. The minimum atomic E-state index is -2.93. The molecule has 0 aromatic heterocycles. The van der Waals surface area contributed by atoms with Crippen LogP contribution in [0.5, 0.6) is 0 Å². The van der Waals surface area contributed by atoms with Crippen LogP contribution in [-0.2, 0) is 14.6 Å². The second kappa shape index (κ2) is 7.65. The van der Waals surface area contributed by atoms with Gasteiger partial charge in [-0.1, -0.05) is 0 Å². The molecule has 0 radical (unpaired) electrons. The Morgan fingerprint density at radius 2 is 1.86 bits per heavy atom. The molecule has 1 aliphatic heterocycles. The Balaban J connectivity index is 0.00000242. The molecule has 1 aliphatic carbocycles. The van der Waals surface area contributed by atoms with E-state index in [1.54, 1.807) is 7.05 Å². The van der Waals surface area contributed by atoms with Crippen molar-refractivity contribution in [2.75, 3.05) is 38.8 Å². The van der Waals surface area contributed by atoms with Crippen LogP contribution in [0.25, 0.3) is 0 Å². The van der Waals surface area contributed by atoms with E-state index >= 15 is 0 Å². The fraction of sp³-hybridized carbons (Fsp3) is 0.929. The maximum absolute atomic E-state index is 11.5. The number of hydrogen-bond donors (Lipinski definition) is 2. The summed E-state index contributed by atoms with van der Waals surface area (Å²) in [4.78, 5) is 4.20. The van der Waals surface area contributed by atoms with E-state index < -0.39 is 9.84 Å². The van der Waals surface area contributed by atoms with Crippen LogP contribution in [0, 0.1) is 5.41 Å². The second-order valence-corrected chi connectivity index (χ2v) is 8.89. The first-order valence-electron chi connectivity index (χ1n) is 7.52. The quantitative estimate of drug-likeness (QED) is 0.365. The van der Waals surface area contributed by atoms with Crippen molar-refractivity contribution in [3.05, 3.63) is 0 Å². The van der Waals surface area contributed by atoms with Crippen LogP contribution < -0.4 is 10.6 Å². The van der Waals surface area contributed by atoms with Gasteiger partial charge in [0.15, 0.2) is 5.96 Å². The van der Waals surface area contributed by atoms with Gasteiger partial charge in [0.25, 0.3) is 0 Å². The number of nitrogens with one attached hydrogen (secondary N) is 2. The lowest BCUT2D eigenvalue weighted by Gasteiger charge is -2.25. The topological polar surface area (TPSA) is 79.8 Å². The summed E-state index contributed by atoms with van der Waals surface area (Å²) in [7, 11) is -1.20. The van der Waals surface area contributed by atoms with E-state index in [-0.39, 0.29) is 40.7 Å². The van der Waals surface area contributed by atoms with Gasteiger partial charge in [0, 0.05) is 38.4 Å². The summed E-state index contributed by atoms with van der Waals surface area (Å²) in [6, 6.07) is 0. The molecular weight excluding hydrogens is 417 g/mol. The van der Waals surface area contributed by atoms with E-state index in [0.29, 0.717) is 19.0 Å². The number of halogens is 1. The number of aliphatic imine (C=N–C) groups is 1. The summed E-state index contributed by atoms with van der Waals surface area (Å²) in [6.45, 7) is 4.29. The summed E-state index contributed by atoms with van der Waals surface area (Å²) >= 11 is 0. The Morgan fingerprint density at radius 3 is 2.32 bits per heavy atom. The van der Waals surface area contributed by atoms with E-state index in [9.17, 15) is 8.42 Å². The lowest BCUT2D eigenvalue weighted by atomic mass is 10.0. The van der Waals surface area contributed by atoms with Crippen LogP contribution in [0.15, 0.2) is 4.99 Å². The van der Waals surface area contributed by atoms with Crippen LogP contribution in [0.1, 0.15) is 32.6 Å². The minimum absolute atomic E-state index is 0. The number of hydrogen-bond acceptors (Lipinski definition) is 4. The van der Waals surface area contributed by atoms with Gasteiger partial charge in [-0.2, -0.15) is 0 Å². The maximum Gasteiger partial charge on any atom is 0.191 e. The molecule has 1 saturated heterocycles. The van der Waals surface area contributed by atoms with Crippen LogP contribution in [0.2, 0.25) is 0 Å². The lowest BCUT2D eigenvalue weighted by molar-refractivity contribution is 0.0242. The van der Waals surface area contributed by atoms with Gasteiger partial charge < -0.3 is 15.4 Å². The average molecular weight is 445 g/mol. The molecule has 0 amide bonds. The SMILES string of the molecule is CN=C(NCC1(CS(C)(=O)=O)CC1)NCC1(C)CCCO1.I. The van der Waals surface area contributed by atoms with Crippen LogP contribution in [-0.4, -0.2) is 58.7 Å². The smallest absolute Gasteiger partial charge is 0.191 e. The van der Waals surface area contributed by atoms with E-state index in [4.69, 9.17) is 4.74 Å². The van der Waals surface area contributed by atoms with Gasteiger partial charge in [-0.15, -0.1) is 24.0 Å². The zero-order valence-electron chi connectivity index (χ0n) is 13.6. The normalized spacial score (nSPS) is 27.1. The molecule has 0 spiro atoms. The van der Waals surface area contributed by atoms with Gasteiger partial charge in [-0.05, 0) is 32.6 Å². The van der Waals surface area contributed by atoms with Crippen LogP contribution >= 0.6 is 24.0 Å². The zero-order chi connectivity index (χ0) is 15.6. The number of nitrogens with zero attached hydrogens (tertiary/aromatic N) is 1. The first kappa shape index (κ1) is 20.0. The van der Waals surface area contributed by atoms with Crippen molar-refractivity contribution in [1.82, 2.24) is 10.6 Å². The third kappa shape index (κ3) is 6.19. The molecule has 1 atom stereocenters. The molecule has 1 heterocycles. The summed E-state index contributed by atoms with van der Waals surface area (Å²) < 4.78 is 28.6. The highest BCUT2D eigenvalue weighted by Crippen LogP contribution is 2.45. The molecule has 0 bridgehead atoms. The number of guanidine groups is 1. The molecule has 6 nitrogen and oxygen atoms in total. The highest BCUT2D eigenvalue weighted by molar-refractivity contribution is 14.0. The van der Waals surface area contributed by atoms with Crippen LogP contribution in [0.4, 0.5) is 0 Å². The van der Waals surface area contributed by atoms with Crippen molar-refractivity contribution in [2.24, 2.45) is 10.4 Å². The van der Waals surface area contributed by atoms with Gasteiger partial charge in [0.2, 0.25) is 0 Å². The van der Waals surface area contributed by atoms with Gasteiger partial charge in [0.05, 0.1) is 11.4 Å².